The van der Waals surface area contributed by atoms with Gasteiger partial charge in [-0.3, -0.25) is 9.59 Å². The van der Waals surface area contributed by atoms with Crippen LogP contribution >= 0.6 is 0 Å². The number of hydrogen-bond acceptors (Lipinski definition) is 3. The van der Waals surface area contributed by atoms with Gasteiger partial charge in [-0.2, -0.15) is 0 Å². The first-order valence-corrected chi connectivity index (χ1v) is 8.58. The third-order valence-electron chi connectivity index (χ3n) is 3.11. The molecule has 0 aliphatic heterocycles. The number of rotatable bonds is 13. The highest BCUT2D eigenvalue weighted by Gasteiger charge is 2.01. The van der Waals surface area contributed by atoms with Gasteiger partial charge in [0.15, 0.2) is 5.78 Å². The zero-order chi connectivity index (χ0) is 17.9. The normalized spacial score (nSPS) is 12.4. The Hall–Kier alpha value is -2.16. The van der Waals surface area contributed by atoms with Gasteiger partial charge in [0.05, 0.1) is 7.11 Å². The van der Waals surface area contributed by atoms with Gasteiger partial charge >= 0.3 is 5.97 Å². The van der Waals surface area contributed by atoms with Crippen LogP contribution in [0.2, 0.25) is 0 Å². The van der Waals surface area contributed by atoms with Crippen molar-refractivity contribution in [2.75, 3.05) is 7.11 Å². The molecule has 0 aromatic heterocycles. The quantitative estimate of drug-likeness (QED) is 0.200. The van der Waals surface area contributed by atoms with Crippen molar-refractivity contribution in [1.82, 2.24) is 0 Å². The van der Waals surface area contributed by atoms with Crippen molar-refractivity contribution in [1.29, 1.82) is 0 Å². The largest absolute Gasteiger partial charge is 0.469 e. The number of methoxy groups -OCH3 is 1. The third kappa shape index (κ3) is 16.2. The van der Waals surface area contributed by atoms with Gasteiger partial charge in [0.2, 0.25) is 0 Å². The van der Waals surface area contributed by atoms with Crippen molar-refractivity contribution in [3.63, 3.8) is 0 Å². The van der Waals surface area contributed by atoms with Crippen LogP contribution in [-0.4, -0.2) is 18.9 Å². The SMILES string of the molecule is CC/C=C/C/C=C/C/C=C/C/C=C/C=C/C(=O)CCCC(=O)OC. The Bertz CT molecular complexity index is 479. The summed E-state index contributed by atoms with van der Waals surface area (Å²) in [4.78, 5) is 22.4. The van der Waals surface area contributed by atoms with Gasteiger partial charge in [0, 0.05) is 12.8 Å². The molecule has 3 nitrogen and oxygen atoms in total. The molecule has 0 aromatic carbocycles. The summed E-state index contributed by atoms with van der Waals surface area (Å²) < 4.78 is 4.52. The Labute approximate surface area is 146 Å². The molecule has 0 saturated carbocycles. The molecule has 0 aromatic rings. The number of ketones is 1. The molecule has 0 fully saturated rings. The number of allylic oxidation sites excluding steroid dienone is 10. The van der Waals surface area contributed by atoms with E-state index in [-0.39, 0.29) is 11.8 Å². The van der Waals surface area contributed by atoms with E-state index in [1.54, 1.807) is 12.2 Å². The van der Waals surface area contributed by atoms with Gasteiger partial charge in [-0.15, -0.1) is 0 Å². The molecule has 0 bridgehead atoms. The topological polar surface area (TPSA) is 43.4 Å². The lowest BCUT2D eigenvalue weighted by atomic mass is 10.1. The first-order chi connectivity index (χ1) is 11.7. The molecule has 132 valence electrons. The molecule has 0 rings (SSSR count). The van der Waals surface area contributed by atoms with E-state index in [0.717, 1.165) is 25.7 Å². The monoisotopic (exact) mass is 330 g/mol. The summed E-state index contributed by atoms with van der Waals surface area (Å²) in [7, 11) is 1.35. The first-order valence-electron chi connectivity index (χ1n) is 8.58. The van der Waals surface area contributed by atoms with Crippen molar-refractivity contribution in [3.8, 4) is 0 Å². The van der Waals surface area contributed by atoms with Gasteiger partial charge in [-0.25, -0.2) is 0 Å². The van der Waals surface area contributed by atoms with E-state index in [2.05, 4.69) is 48.1 Å². The summed E-state index contributed by atoms with van der Waals surface area (Å²) in [5.74, 6) is -0.243. The van der Waals surface area contributed by atoms with Crippen LogP contribution < -0.4 is 0 Å². The molecule has 0 unspecified atom stereocenters. The van der Waals surface area contributed by atoms with E-state index >= 15 is 0 Å². The lowest BCUT2D eigenvalue weighted by Crippen LogP contribution is -2.01. The Kier molecular flexibility index (Phi) is 15.7. The Morgan fingerprint density at radius 3 is 1.96 bits per heavy atom. The molecular weight excluding hydrogens is 300 g/mol. The molecule has 3 heteroatoms. The number of hydrogen-bond donors (Lipinski definition) is 0. The Morgan fingerprint density at radius 1 is 0.792 bits per heavy atom. The van der Waals surface area contributed by atoms with Crippen molar-refractivity contribution < 1.29 is 14.3 Å². The second kappa shape index (κ2) is 17.2. The number of carbonyl (C=O) groups excluding carboxylic acids is 2. The van der Waals surface area contributed by atoms with Crippen LogP contribution in [0, 0.1) is 0 Å². The highest BCUT2D eigenvalue weighted by Crippen LogP contribution is 1.99. The van der Waals surface area contributed by atoms with E-state index in [0.29, 0.717) is 19.3 Å². The van der Waals surface area contributed by atoms with Crippen LogP contribution in [0.1, 0.15) is 51.9 Å². The molecule has 0 spiro atoms. The fraction of sp³-hybridized carbons (Fsp3) is 0.429. The van der Waals surface area contributed by atoms with E-state index in [9.17, 15) is 9.59 Å². The van der Waals surface area contributed by atoms with Crippen LogP contribution in [-0.2, 0) is 14.3 Å². The maximum atomic E-state index is 11.5. The van der Waals surface area contributed by atoms with Crippen LogP contribution in [0.25, 0.3) is 0 Å². The second-order valence-corrected chi connectivity index (χ2v) is 5.21. The third-order valence-corrected chi connectivity index (χ3v) is 3.11. The van der Waals surface area contributed by atoms with Crippen LogP contribution in [0.5, 0.6) is 0 Å². The molecule has 0 aliphatic carbocycles. The van der Waals surface area contributed by atoms with Crippen LogP contribution in [0.4, 0.5) is 0 Å². The molecule has 0 N–H and O–H groups in total. The van der Waals surface area contributed by atoms with Crippen LogP contribution in [0.3, 0.4) is 0 Å². The maximum absolute atomic E-state index is 11.5. The van der Waals surface area contributed by atoms with E-state index in [4.69, 9.17) is 0 Å². The number of esters is 1. The lowest BCUT2D eigenvalue weighted by molar-refractivity contribution is -0.140. The smallest absolute Gasteiger partial charge is 0.305 e. The molecule has 0 heterocycles. The average Bonchev–Trinajstić information content (AvgIpc) is 2.58. The average molecular weight is 330 g/mol. The van der Waals surface area contributed by atoms with E-state index < -0.39 is 0 Å². The lowest BCUT2D eigenvalue weighted by Gasteiger charge is -1.96. The minimum atomic E-state index is -0.272. The summed E-state index contributed by atoms with van der Waals surface area (Å²) in [6.45, 7) is 2.13. The fourth-order valence-electron chi connectivity index (χ4n) is 1.80. The number of ether oxygens (including phenoxy) is 1. The predicted molar refractivity (Wildman–Crippen MR) is 101 cm³/mol. The van der Waals surface area contributed by atoms with Gasteiger partial charge in [0.1, 0.15) is 0 Å². The van der Waals surface area contributed by atoms with Gasteiger partial charge in [0.25, 0.3) is 0 Å². The summed E-state index contributed by atoms with van der Waals surface area (Å²) in [6, 6.07) is 0. The van der Waals surface area contributed by atoms with Crippen LogP contribution in [0.15, 0.2) is 60.8 Å². The van der Waals surface area contributed by atoms with Crippen molar-refractivity contribution in [2.24, 2.45) is 0 Å². The molecular formula is C21H30O3. The molecule has 0 saturated heterocycles. The highest BCUT2D eigenvalue weighted by molar-refractivity contribution is 5.90. The van der Waals surface area contributed by atoms with Gasteiger partial charge < -0.3 is 4.74 Å². The summed E-state index contributed by atoms with van der Waals surface area (Å²) >= 11 is 0. The molecule has 0 amide bonds. The molecule has 0 radical (unpaired) electrons. The molecule has 24 heavy (non-hydrogen) atoms. The predicted octanol–water partition coefficient (Wildman–Crippen LogP) is 5.26. The van der Waals surface area contributed by atoms with Crippen molar-refractivity contribution in [2.45, 2.75) is 51.9 Å². The maximum Gasteiger partial charge on any atom is 0.305 e. The fourth-order valence-corrected chi connectivity index (χ4v) is 1.80. The molecule has 0 aliphatic rings. The Morgan fingerprint density at radius 2 is 1.38 bits per heavy atom. The highest BCUT2D eigenvalue weighted by atomic mass is 16.5. The summed E-state index contributed by atoms with van der Waals surface area (Å²) in [5, 5.41) is 0. The zero-order valence-corrected chi connectivity index (χ0v) is 14.9. The Balaban J connectivity index is 3.69. The first kappa shape index (κ1) is 21.8. The minimum Gasteiger partial charge on any atom is -0.469 e. The standard InChI is InChI=1S/C21H30O3/c1-3-4-5-6-7-8-9-10-11-12-13-14-15-17-20(22)18-16-19-21(23)24-2/h4-5,7-8,10-11,13-15,17H,3,6,9,12,16,18-19H2,1-2H3/b5-4+,8-7+,11-10+,14-13+,17-15+. The summed E-state index contributed by atoms with van der Waals surface area (Å²) in [6.07, 6.45) is 25.2. The summed E-state index contributed by atoms with van der Waals surface area (Å²) in [5.41, 5.74) is 0. The van der Waals surface area contributed by atoms with E-state index in [1.807, 2.05) is 12.2 Å². The number of carbonyl (C=O) groups is 2. The van der Waals surface area contributed by atoms with Crippen molar-refractivity contribution in [3.05, 3.63) is 60.8 Å². The van der Waals surface area contributed by atoms with Crippen molar-refractivity contribution >= 4 is 11.8 Å². The van der Waals surface area contributed by atoms with Gasteiger partial charge in [-0.1, -0.05) is 61.6 Å². The second-order valence-electron chi connectivity index (χ2n) is 5.21. The van der Waals surface area contributed by atoms with Gasteiger partial charge in [-0.05, 0) is 38.2 Å². The van der Waals surface area contributed by atoms with E-state index in [1.165, 1.54) is 7.11 Å². The molecule has 0 atom stereocenters. The zero-order valence-electron chi connectivity index (χ0n) is 14.9. The minimum absolute atomic E-state index is 0.0290.